The first-order chi connectivity index (χ1) is 11.3. The molecule has 4 rings (SSSR count). The molecule has 2 atom stereocenters. The van der Waals surface area contributed by atoms with E-state index in [2.05, 4.69) is 48.6 Å². The third-order valence-corrected chi connectivity index (χ3v) is 4.67. The van der Waals surface area contributed by atoms with Crippen molar-refractivity contribution in [2.24, 2.45) is 0 Å². The predicted octanol–water partition coefficient (Wildman–Crippen LogP) is 5.63. The van der Waals surface area contributed by atoms with Crippen molar-refractivity contribution in [2.75, 3.05) is 0 Å². The van der Waals surface area contributed by atoms with Crippen LogP contribution in [0.2, 0.25) is 5.02 Å². The largest absolute Gasteiger partial charge is 0.471 e. The van der Waals surface area contributed by atoms with Crippen LogP contribution in [0.4, 0.5) is 0 Å². The summed E-state index contributed by atoms with van der Waals surface area (Å²) in [5.41, 5.74) is 2.30. The second kappa shape index (κ2) is 5.88. The maximum Gasteiger partial charge on any atom is 0.177 e. The van der Waals surface area contributed by atoms with Crippen LogP contribution in [-0.4, -0.2) is 0 Å². The third kappa shape index (κ3) is 2.58. The average molecular weight is 324 g/mol. The molecule has 3 aromatic carbocycles. The van der Waals surface area contributed by atoms with E-state index < -0.39 is 0 Å². The summed E-state index contributed by atoms with van der Waals surface area (Å²) in [4.78, 5) is 0. The van der Waals surface area contributed by atoms with E-state index in [1.165, 1.54) is 16.3 Å². The van der Waals surface area contributed by atoms with Crippen LogP contribution >= 0.6 is 11.6 Å². The van der Waals surface area contributed by atoms with Crippen LogP contribution in [0.5, 0.6) is 5.75 Å². The number of halogens is 1. The molecule has 0 spiro atoms. The van der Waals surface area contributed by atoms with Gasteiger partial charge in [0.25, 0.3) is 0 Å². The average Bonchev–Trinajstić information content (AvgIpc) is 2.60. The number of rotatable bonds is 2. The lowest BCUT2D eigenvalue weighted by Crippen LogP contribution is -2.34. The quantitative estimate of drug-likeness (QED) is 0.660. The van der Waals surface area contributed by atoms with Gasteiger partial charge in [-0.1, -0.05) is 61.0 Å². The maximum absolute atomic E-state index is 6.24. The van der Waals surface area contributed by atoms with Crippen LogP contribution in [0, 0.1) is 0 Å². The minimum atomic E-state index is -0.174. The van der Waals surface area contributed by atoms with Crippen molar-refractivity contribution in [3.8, 4) is 5.75 Å². The van der Waals surface area contributed by atoms with Crippen molar-refractivity contribution in [2.45, 2.75) is 25.6 Å². The summed E-state index contributed by atoms with van der Waals surface area (Å²) in [5, 5.41) is 6.85. The first-order valence-corrected chi connectivity index (χ1v) is 8.34. The van der Waals surface area contributed by atoms with Gasteiger partial charge in [-0.15, -0.1) is 0 Å². The Bertz CT molecular complexity index is 861. The van der Waals surface area contributed by atoms with Crippen molar-refractivity contribution in [1.29, 1.82) is 0 Å². The highest BCUT2D eigenvalue weighted by Crippen LogP contribution is 2.41. The van der Waals surface area contributed by atoms with Gasteiger partial charge < -0.3 is 4.74 Å². The van der Waals surface area contributed by atoms with Gasteiger partial charge >= 0.3 is 0 Å². The molecule has 1 heterocycles. The summed E-state index contributed by atoms with van der Waals surface area (Å²) in [7, 11) is 0. The molecule has 0 radical (unpaired) electrons. The Hall–Kier alpha value is -2.03. The summed E-state index contributed by atoms with van der Waals surface area (Å²) < 4.78 is 6.24. The van der Waals surface area contributed by atoms with E-state index in [9.17, 15) is 0 Å². The Morgan fingerprint density at radius 3 is 2.74 bits per heavy atom. The van der Waals surface area contributed by atoms with Gasteiger partial charge in [0.2, 0.25) is 0 Å². The zero-order valence-electron chi connectivity index (χ0n) is 12.9. The molecular weight excluding hydrogens is 306 g/mol. The molecule has 0 bridgehead atoms. The van der Waals surface area contributed by atoms with Crippen LogP contribution in [-0.2, 0) is 0 Å². The van der Waals surface area contributed by atoms with Gasteiger partial charge in [0, 0.05) is 22.2 Å². The predicted molar refractivity (Wildman–Crippen MR) is 94.9 cm³/mol. The Morgan fingerprint density at radius 2 is 1.91 bits per heavy atom. The molecule has 0 fully saturated rings. The maximum atomic E-state index is 6.24. The number of nitrogens with one attached hydrogen (secondary N) is 1. The Labute approximate surface area is 141 Å². The van der Waals surface area contributed by atoms with Crippen LogP contribution in [0.3, 0.4) is 0 Å². The SMILES string of the molecule is CC[C@H]1N[C@H](c2cccc(Cl)c2)Oc2ccc3ccccc3c21. The van der Waals surface area contributed by atoms with E-state index in [-0.39, 0.29) is 12.3 Å². The minimum absolute atomic E-state index is 0.174. The summed E-state index contributed by atoms with van der Waals surface area (Å²) in [5.74, 6) is 0.958. The highest BCUT2D eigenvalue weighted by molar-refractivity contribution is 6.30. The fourth-order valence-corrected chi connectivity index (χ4v) is 3.52. The van der Waals surface area contributed by atoms with Gasteiger partial charge in [0.05, 0.1) is 0 Å². The second-order valence-corrected chi connectivity index (χ2v) is 6.32. The van der Waals surface area contributed by atoms with Gasteiger partial charge in [0.1, 0.15) is 5.75 Å². The molecule has 0 unspecified atom stereocenters. The molecule has 2 nitrogen and oxygen atoms in total. The first-order valence-electron chi connectivity index (χ1n) is 7.96. The lowest BCUT2D eigenvalue weighted by molar-refractivity contribution is 0.124. The fourth-order valence-electron chi connectivity index (χ4n) is 3.32. The number of fused-ring (bicyclic) bond motifs is 3. The van der Waals surface area contributed by atoms with E-state index in [4.69, 9.17) is 16.3 Å². The molecule has 1 aliphatic heterocycles. The minimum Gasteiger partial charge on any atom is -0.471 e. The number of ether oxygens (including phenoxy) is 1. The highest BCUT2D eigenvalue weighted by atomic mass is 35.5. The zero-order valence-corrected chi connectivity index (χ0v) is 13.7. The zero-order chi connectivity index (χ0) is 15.8. The molecule has 0 saturated carbocycles. The number of hydrogen-bond donors (Lipinski definition) is 1. The summed E-state index contributed by atoms with van der Waals surface area (Å²) in [6, 6.07) is 20.8. The first kappa shape index (κ1) is 14.6. The van der Waals surface area contributed by atoms with Crippen molar-refractivity contribution in [3.05, 3.63) is 76.8 Å². The molecule has 0 aliphatic carbocycles. The molecule has 23 heavy (non-hydrogen) atoms. The summed E-state index contributed by atoms with van der Waals surface area (Å²) in [6.45, 7) is 2.20. The topological polar surface area (TPSA) is 21.3 Å². The molecule has 0 amide bonds. The normalized spacial score (nSPS) is 20.1. The van der Waals surface area contributed by atoms with E-state index in [1.807, 2.05) is 24.3 Å². The van der Waals surface area contributed by atoms with E-state index >= 15 is 0 Å². The van der Waals surface area contributed by atoms with Crippen LogP contribution in [0.15, 0.2) is 60.7 Å². The molecule has 3 heteroatoms. The van der Waals surface area contributed by atoms with Crippen LogP contribution < -0.4 is 10.1 Å². The lowest BCUT2D eigenvalue weighted by atomic mass is 9.94. The smallest absolute Gasteiger partial charge is 0.177 e. The molecule has 116 valence electrons. The molecule has 0 saturated heterocycles. The van der Waals surface area contributed by atoms with Crippen LogP contribution in [0.25, 0.3) is 10.8 Å². The number of benzene rings is 3. The molecular formula is C20H18ClNO. The summed E-state index contributed by atoms with van der Waals surface area (Å²) >= 11 is 6.13. The van der Waals surface area contributed by atoms with Crippen molar-refractivity contribution < 1.29 is 4.74 Å². The van der Waals surface area contributed by atoms with Gasteiger partial charge in [-0.3, -0.25) is 5.32 Å². The van der Waals surface area contributed by atoms with E-state index in [1.54, 1.807) is 0 Å². The molecule has 0 aromatic heterocycles. The van der Waals surface area contributed by atoms with E-state index in [0.717, 1.165) is 22.8 Å². The van der Waals surface area contributed by atoms with Gasteiger partial charge in [-0.25, -0.2) is 0 Å². The van der Waals surface area contributed by atoms with Crippen molar-refractivity contribution in [1.82, 2.24) is 5.32 Å². The summed E-state index contributed by atoms with van der Waals surface area (Å²) in [6.07, 6.45) is 0.828. The van der Waals surface area contributed by atoms with Gasteiger partial charge in [0.15, 0.2) is 6.23 Å². The molecule has 1 aliphatic rings. The molecule has 3 aromatic rings. The third-order valence-electron chi connectivity index (χ3n) is 4.44. The van der Waals surface area contributed by atoms with Gasteiger partial charge in [-0.2, -0.15) is 0 Å². The number of hydrogen-bond acceptors (Lipinski definition) is 2. The standard InChI is InChI=1S/C20H18ClNO/c1-2-17-19-16-9-4-3-6-13(16)10-11-18(19)23-20(22-17)14-7-5-8-15(21)12-14/h3-12,17,20,22H,2H2,1H3/t17-,20+/m1/s1. The van der Waals surface area contributed by atoms with Crippen LogP contribution in [0.1, 0.15) is 36.7 Å². The van der Waals surface area contributed by atoms with Crippen molar-refractivity contribution >= 4 is 22.4 Å². The van der Waals surface area contributed by atoms with Crippen molar-refractivity contribution in [3.63, 3.8) is 0 Å². The fraction of sp³-hybridized carbons (Fsp3) is 0.200. The molecule has 1 N–H and O–H groups in total. The highest BCUT2D eigenvalue weighted by Gasteiger charge is 2.28. The Morgan fingerprint density at radius 1 is 1.04 bits per heavy atom. The Kier molecular flexibility index (Phi) is 3.72. The lowest BCUT2D eigenvalue weighted by Gasteiger charge is -2.34. The van der Waals surface area contributed by atoms with E-state index in [0.29, 0.717) is 0 Å². The Balaban J connectivity index is 1.81. The van der Waals surface area contributed by atoms with Gasteiger partial charge in [-0.05, 0) is 35.4 Å². The second-order valence-electron chi connectivity index (χ2n) is 5.88. The monoisotopic (exact) mass is 323 g/mol.